The third-order valence-corrected chi connectivity index (χ3v) is 70.7. The van der Waals surface area contributed by atoms with E-state index >= 15 is 0 Å². The second-order valence-corrected chi connectivity index (χ2v) is 69.2. The van der Waals surface area contributed by atoms with Gasteiger partial charge in [0, 0.05) is 0 Å². The molecule has 14 rings (SSSR count). The molecule has 0 N–H and O–H groups in total. The van der Waals surface area contributed by atoms with E-state index < -0.39 is 21.5 Å². The maximum absolute atomic E-state index is 9.33. The number of benzene rings is 4. The number of halogens is 2. The number of rotatable bonds is 11. The summed E-state index contributed by atoms with van der Waals surface area (Å²) >= 11 is -5.16. The van der Waals surface area contributed by atoms with Crippen molar-refractivity contribution in [2.75, 3.05) is 0 Å². The fourth-order valence-electron chi connectivity index (χ4n) is 18.6. The van der Waals surface area contributed by atoms with Gasteiger partial charge in [0.2, 0.25) is 0 Å². The van der Waals surface area contributed by atoms with E-state index in [2.05, 4.69) is 152 Å². The monoisotopic (exact) mass is 1040 g/mol. The molecule has 8 fully saturated rings. The molecular weight excluding hydrogens is 959 g/mol. The minimum absolute atomic E-state index is 0.0796. The van der Waals surface area contributed by atoms with Gasteiger partial charge in [-0.25, -0.2) is 0 Å². The molecule has 0 aliphatic heterocycles. The zero-order chi connectivity index (χ0) is 47.2. The van der Waals surface area contributed by atoms with Crippen molar-refractivity contribution in [3.05, 3.63) is 129 Å². The summed E-state index contributed by atoms with van der Waals surface area (Å²) in [6.45, 7) is 19.5. The summed E-state index contributed by atoms with van der Waals surface area (Å²) in [5, 5.41) is 0. The van der Waals surface area contributed by atoms with Gasteiger partial charge in [-0.1, -0.05) is 0 Å². The summed E-state index contributed by atoms with van der Waals surface area (Å²) in [5.41, 5.74) is 18.3. The van der Waals surface area contributed by atoms with E-state index in [9.17, 15) is 17.0 Å². The van der Waals surface area contributed by atoms with Crippen LogP contribution < -0.4 is 0 Å². The standard InChI is InChI=1S/2C30H35.C4H11Si.2ClH.Zr/c2*1-29(2,3)16-23-14-25-5-4-6-27(28(25)15-23)24-7-9-26(10-8-24)30-17-20-11-21(18-30)13-22(12-20)19-30;1-3-4-5-2;;;/h2*4-10,14-15,20-22H,11-13,16-19H2,1-3H3;5H,3-4H2,1-2H3;2*1H;/q;;;;;+2/p-2. The Hall–Kier alpha value is -1.96. The van der Waals surface area contributed by atoms with Gasteiger partial charge in [0.05, 0.1) is 0 Å². The Morgan fingerprint density at radius 2 is 0.853 bits per heavy atom. The number of fused-ring (bicyclic) bond motifs is 2. The first-order valence-corrected chi connectivity index (χ1v) is 43.7. The molecule has 4 aromatic carbocycles. The SMILES string of the molecule is CCC[SiH](C)[Zr]([Cl])([Cl])([CH]1C(CC(C)(C)C)=Cc2c(-c3ccc(C45CC6CC(CC(C6)C4)C5)cc3)cccc21)[CH]1C(CC(C)(C)C)=Cc2c(-c3ccc(C45CC6CC(CC(C6)C4)C5)cc3)cccc21. The normalized spacial score (nSPS) is 33.2. The molecule has 0 amide bonds. The summed E-state index contributed by atoms with van der Waals surface area (Å²) in [7, 11) is 18.7. The van der Waals surface area contributed by atoms with Crippen LogP contribution in [0.4, 0.5) is 0 Å². The number of allylic oxidation sites excluding steroid dienone is 2. The van der Waals surface area contributed by atoms with Gasteiger partial charge in [-0.05, 0) is 0 Å². The third kappa shape index (κ3) is 7.76. The summed E-state index contributed by atoms with van der Waals surface area (Å²) in [5.74, 6) is 3.92. The summed E-state index contributed by atoms with van der Waals surface area (Å²) in [6, 6.07) is 35.8. The van der Waals surface area contributed by atoms with Crippen LogP contribution in [-0.2, 0) is 26.4 Å². The molecule has 8 bridgehead atoms. The van der Waals surface area contributed by atoms with Crippen LogP contribution in [-0.4, -0.2) is 5.92 Å². The Labute approximate surface area is 420 Å². The molecule has 0 aromatic heterocycles. The Bertz CT molecular complexity index is 2440. The van der Waals surface area contributed by atoms with Gasteiger partial charge in [-0.2, -0.15) is 0 Å². The van der Waals surface area contributed by atoms with Crippen LogP contribution in [0.25, 0.3) is 34.4 Å². The van der Waals surface area contributed by atoms with Crippen LogP contribution in [0.5, 0.6) is 0 Å². The number of hydrogen-bond acceptors (Lipinski definition) is 0. The Balaban J connectivity index is 0.967. The Kier molecular flexibility index (Phi) is 11.4. The minimum atomic E-state index is -5.16. The fraction of sp³-hybridized carbons (Fsp3) is 0.562. The molecule has 0 nitrogen and oxygen atoms in total. The molecule has 68 heavy (non-hydrogen) atoms. The van der Waals surface area contributed by atoms with E-state index in [0.29, 0.717) is 10.8 Å². The van der Waals surface area contributed by atoms with Crippen LogP contribution in [0.15, 0.2) is 96.1 Å². The zero-order valence-electron chi connectivity index (χ0n) is 43.0. The molecule has 0 spiro atoms. The predicted molar refractivity (Wildman–Crippen MR) is 293 cm³/mol. The topological polar surface area (TPSA) is 0 Å². The average Bonchev–Trinajstić information content (AvgIpc) is 3.83. The number of hydrogen-bond donors (Lipinski definition) is 0. The molecular formula is C64H81Cl2SiZr. The molecule has 4 aromatic rings. The van der Waals surface area contributed by atoms with Crippen molar-refractivity contribution in [3.8, 4) is 22.3 Å². The van der Waals surface area contributed by atoms with E-state index in [4.69, 9.17) is 0 Å². The summed E-state index contributed by atoms with van der Waals surface area (Å²) < 4.78 is 0.159. The first-order chi connectivity index (χ1) is 32.3. The average molecular weight is 1040 g/mol. The first-order valence-electron chi connectivity index (χ1n) is 27.8. The molecule has 10 aliphatic carbocycles. The van der Waals surface area contributed by atoms with Crippen molar-refractivity contribution in [2.24, 2.45) is 46.3 Å². The van der Waals surface area contributed by atoms with Gasteiger partial charge < -0.3 is 0 Å². The summed E-state index contributed by atoms with van der Waals surface area (Å²) in [4.78, 5) is 0. The molecule has 359 valence electrons. The Morgan fingerprint density at radius 3 is 1.16 bits per heavy atom. The van der Waals surface area contributed by atoms with Crippen LogP contribution in [0.3, 0.4) is 0 Å². The molecule has 4 heteroatoms. The molecule has 0 radical (unpaired) electrons. The molecule has 3 atom stereocenters. The quantitative estimate of drug-likeness (QED) is 0.131. The maximum atomic E-state index is 9.33. The molecule has 10 aliphatic rings. The predicted octanol–water partition coefficient (Wildman–Crippen LogP) is 19.2. The van der Waals surface area contributed by atoms with Crippen molar-refractivity contribution in [2.45, 2.75) is 175 Å². The molecule has 8 saturated carbocycles. The van der Waals surface area contributed by atoms with Crippen LogP contribution in [0.2, 0.25) is 12.6 Å². The van der Waals surface area contributed by atoms with E-state index in [0.717, 1.165) is 54.8 Å². The summed E-state index contributed by atoms with van der Waals surface area (Å²) in [6.07, 6.45) is 25.8. The van der Waals surface area contributed by atoms with E-state index in [1.807, 2.05) is 0 Å². The molecule has 0 saturated heterocycles. The van der Waals surface area contributed by atoms with Gasteiger partial charge >= 0.3 is 424 Å². The van der Waals surface area contributed by atoms with Crippen molar-refractivity contribution < 1.29 is 15.6 Å². The van der Waals surface area contributed by atoms with Crippen LogP contribution in [0, 0.1) is 46.3 Å². The van der Waals surface area contributed by atoms with E-state index in [-0.39, 0.29) is 18.1 Å². The Morgan fingerprint density at radius 1 is 0.515 bits per heavy atom. The molecule has 0 heterocycles. The van der Waals surface area contributed by atoms with Crippen molar-refractivity contribution in [1.29, 1.82) is 0 Å². The van der Waals surface area contributed by atoms with Gasteiger partial charge in [0.15, 0.2) is 0 Å². The van der Waals surface area contributed by atoms with Gasteiger partial charge in [-0.3, -0.25) is 0 Å². The van der Waals surface area contributed by atoms with Crippen LogP contribution >= 0.6 is 17.0 Å². The van der Waals surface area contributed by atoms with E-state index in [1.54, 1.807) is 11.1 Å². The van der Waals surface area contributed by atoms with E-state index in [1.165, 1.54) is 139 Å². The van der Waals surface area contributed by atoms with Crippen molar-refractivity contribution in [1.82, 2.24) is 0 Å². The zero-order valence-corrected chi connectivity index (χ0v) is 48.1. The van der Waals surface area contributed by atoms with Crippen molar-refractivity contribution >= 4 is 35.1 Å². The second kappa shape index (κ2) is 16.5. The van der Waals surface area contributed by atoms with Gasteiger partial charge in [-0.15, -0.1) is 0 Å². The van der Waals surface area contributed by atoms with Crippen molar-refractivity contribution in [3.63, 3.8) is 0 Å². The first kappa shape index (κ1) is 47.1. The van der Waals surface area contributed by atoms with Gasteiger partial charge in [0.25, 0.3) is 0 Å². The molecule has 3 unspecified atom stereocenters. The fourth-order valence-corrected chi connectivity index (χ4v) is 59.8. The van der Waals surface area contributed by atoms with Gasteiger partial charge in [0.1, 0.15) is 0 Å². The van der Waals surface area contributed by atoms with Crippen LogP contribution in [0.1, 0.15) is 185 Å². The third-order valence-electron chi connectivity index (χ3n) is 20.2. The second-order valence-electron chi connectivity index (χ2n) is 27.9.